The maximum absolute atomic E-state index is 12.4. The maximum atomic E-state index is 12.4. The first-order valence-corrected chi connectivity index (χ1v) is 13.6. The Morgan fingerprint density at radius 3 is 2.51 bits per heavy atom. The number of nitrogens with two attached hydrogens (primary N) is 1. The summed E-state index contributed by atoms with van der Waals surface area (Å²) in [5.41, 5.74) is 5.88. The fourth-order valence-corrected chi connectivity index (χ4v) is 4.11. The van der Waals surface area contributed by atoms with E-state index in [2.05, 4.69) is 31.7 Å². The summed E-state index contributed by atoms with van der Waals surface area (Å²) in [5.74, 6) is -0.675. The fraction of sp³-hybridized carbons (Fsp3) is 0.696. The molecule has 2 atom stereocenters. The third kappa shape index (κ3) is 11.9. The lowest BCUT2D eigenvalue weighted by Crippen LogP contribution is -2.44. The number of rotatable bonds is 14. The zero-order chi connectivity index (χ0) is 28.0. The van der Waals surface area contributed by atoms with Crippen LogP contribution in [0.4, 0.5) is 5.82 Å². The number of hydrogen-bond acceptors (Lipinski definition) is 11. The van der Waals surface area contributed by atoms with Crippen molar-refractivity contribution in [3.05, 3.63) is 12.7 Å². The van der Waals surface area contributed by atoms with Gasteiger partial charge in [-0.2, -0.15) is 0 Å². The average Bonchev–Trinajstić information content (AvgIpc) is 3.24. The van der Waals surface area contributed by atoms with Crippen molar-refractivity contribution in [1.29, 1.82) is 0 Å². The molecule has 0 aliphatic heterocycles. The maximum Gasteiger partial charge on any atom is 0.461 e. The first-order valence-electron chi connectivity index (χ1n) is 12.1. The first-order chi connectivity index (χ1) is 17.4. The predicted octanol–water partition coefficient (Wildman–Crippen LogP) is 2.55. The highest BCUT2D eigenvalue weighted by atomic mass is 31.1. The predicted molar refractivity (Wildman–Crippen MR) is 139 cm³/mol. The van der Waals surface area contributed by atoms with Crippen molar-refractivity contribution in [3.63, 3.8) is 0 Å². The first kappa shape index (κ1) is 32.3. The van der Waals surface area contributed by atoms with Gasteiger partial charge in [-0.05, 0) is 45.6 Å². The molecular weight excluding hydrogens is 503 g/mol. The van der Waals surface area contributed by atoms with E-state index in [9.17, 15) is 14.2 Å². The zero-order valence-corrected chi connectivity index (χ0v) is 23.4. The Morgan fingerprint density at radius 1 is 1.22 bits per heavy atom. The molecule has 0 aliphatic rings. The Balaban J connectivity index is 0.000000738. The second kappa shape index (κ2) is 16.2. The molecule has 0 saturated carbocycles. The molecule has 2 aromatic heterocycles. The topological polar surface area (TPSA) is 181 Å². The van der Waals surface area contributed by atoms with Crippen molar-refractivity contribution in [3.8, 4) is 0 Å². The van der Waals surface area contributed by atoms with E-state index >= 15 is 0 Å². The molecule has 0 bridgehead atoms. The van der Waals surface area contributed by atoms with E-state index < -0.39 is 32.0 Å². The quantitative estimate of drug-likeness (QED) is 0.180. The van der Waals surface area contributed by atoms with Gasteiger partial charge in [0.2, 0.25) is 0 Å². The monoisotopic (exact) mass is 543 g/mol. The summed E-state index contributed by atoms with van der Waals surface area (Å²) >= 11 is 0. The van der Waals surface area contributed by atoms with Crippen LogP contribution in [0.15, 0.2) is 12.7 Å². The Bertz CT molecular complexity index is 1010. The molecule has 0 radical (unpaired) electrons. The molecule has 208 valence electrons. The molecule has 2 rings (SSSR count). The van der Waals surface area contributed by atoms with Crippen LogP contribution >= 0.6 is 7.95 Å². The third-order valence-electron chi connectivity index (χ3n) is 4.75. The smallest absolute Gasteiger partial charge is 0.461 e. The molecule has 0 amide bonds. The number of aliphatic hydroxyl groups is 1. The van der Waals surface area contributed by atoms with Gasteiger partial charge in [-0.15, -0.1) is 0 Å². The van der Waals surface area contributed by atoms with Crippen LogP contribution < -0.4 is 10.8 Å². The molecule has 13 nitrogen and oxygen atoms in total. The van der Waals surface area contributed by atoms with Crippen LogP contribution in [0.25, 0.3) is 11.2 Å². The number of fused-ring (bicyclic) bond motifs is 1. The van der Waals surface area contributed by atoms with Gasteiger partial charge in [0, 0.05) is 0 Å². The Hall–Kier alpha value is -2.73. The lowest BCUT2D eigenvalue weighted by atomic mass is 10.1. The van der Waals surface area contributed by atoms with E-state index in [-0.39, 0.29) is 18.6 Å². The van der Waals surface area contributed by atoms with Gasteiger partial charge in [0.1, 0.15) is 18.5 Å². The van der Waals surface area contributed by atoms with Crippen molar-refractivity contribution in [2.24, 2.45) is 0 Å². The van der Waals surface area contributed by atoms with Crippen molar-refractivity contribution >= 4 is 36.9 Å². The normalized spacial score (nSPS) is 12.6. The van der Waals surface area contributed by atoms with E-state index in [0.29, 0.717) is 30.1 Å². The number of nitrogen functional groups attached to an aromatic ring is 1. The van der Waals surface area contributed by atoms with Gasteiger partial charge in [-0.25, -0.2) is 24.5 Å². The molecule has 0 fully saturated rings. The number of anilines is 1. The van der Waals surface area contributed by atoms with Crippen molar-refractivity contribution in [2.45, 2.75) is 85.1 Å². The zero-order valence-electron chi connectivity index (χ0n) is 22.5. The van der Waals surface area contributed by atoms with E-state index in [1.54, 1.807) is 38.6 Å². The number of aromatic nitrogens is 4. The van der Waals surface area contributed by atoms with Gasteiger partial charge in [0.25, 0.3) is 6.35 Å². The van der Waals surface area contributed by atoms with E-state index in [4.69, 9.17) is 20.3 Å². The van der Waals surface area contributed by atoms with Crippen LogP contribution in [0.3, 0.4) is 0 Å². The minimum atomic E-state index is -1.95. The lowest BCUT2D eigenvalue weighted by Gasteiger charge is -2.18. The molecule has 0 aliphatic carbocycles. The van der Waals surface area contributed by atoms with Crippen molar-refractivity contribution in [2.75, 3.05) is 25.3 Å². The minimum Gasteiger partial charge on any atom is -0.464 e. The number of carbonyl (C=O) groups excluding carboxylic acids is 2. The summed E-state index contributed by atoms with van der Waals surface area (Å²) in [4.78, 5) is 34.6. The van der Waals surface area contributed by atoms with Gasteiger partial charge in [-0.1, -0.05) is 24.9 Å². The molecule has 2 unspecified atom stereocenters. The van der Waals surface area contributed by atoms with Crippen LogP contribution in [-0.2, 0) is 34.9 Å². The lowest BCUT2D eigenvalue weighted by molar-refractivity contribution is -0.151. The van der Waals surface area contributed by atoms with E-state index in [1.165, 1.54) is 6.33 Å². The number of esters is 2. The standard InChI is InChI=1S/C18H30N6O4P.C5H10O3/c1-5-6-7-8-27-17(25)18(3,4)23-29(26)12-28-13(2)9-24-11-22-14-15(19)20-10-21-16(14)24;1-4(2)8-5(7)3-6/h10-11,13H,5-9,12H2,1-4H3,(H,23,26)(H2,19,20,21);4,6H,3H2,1-2H3/q+1;. The summed E-state index contributed by atoms with van der Waals surface area (Å²) in [7, 11) is -1.95. The number of aliphatic hydroxyl groups excluding tert-OH is 1. The number of imidazole rings is 1. The number of nitrogens with one attached hydrogen (secondary N) is 1. The highest BCUT2D eigenvalue weighted by Gasteiger charge is 2.37. The summed E-state index contributed by atoms with van der Waals surface area (Å²) < 4.78 is 29.6. The molecule has 4 N–H and O–H groups in total. The Kier molecular flexibility index (Phi) is 14.1. The Morgan fingerprint density at radius 2 is 1.92 bits per heavy atom. The molecule has 0 saturated heterocycles. The number of ether oxygens (including phenoxy) is 3. The SMILES string of the molecule is CC(C)OC(=O)CO.CCCCCOC(=O)C(C)(C)N[P+](=O)COC(C)Cn1cnc2c(N)ncnc21. The van der Waals surface area contributed by atoms with Crippen molar-refractivity contribution in [1.82, 2.24) is 24.6 Å². The highest BCUT2D eigenvalue weighted by molar-refractivity contribution is 7.42. The van der Waals surface area contributed by atoms with Crippen LogP contribution in [0, 0.1) is 0 Å². The largest absolute Gasteiger partial charge is 0.464 e. The number of carbonyl (C=O) groups is 2. The third-order valence-corrected chi connectivity index (χ3v) is 5.94. The molecule has 2 aromatic rings. The van der Waals surface area contributed by atoms with Gasteiger partial charge < -0.3 is 29.6 Å². The molecule has 37 heavy (non-hydrogen) atoms. The average molecular weight is 544 g/mol. The summed E-state index contributed by atoms with van der Waals surface area (Å²) in [5, 5.41) is 10.9. The second-order valence-corrected chi connectivity index (χ2v) is 10.3. The van der Waals surface area contributed by atoms with Crippen LogP contribution in [-0.4, -0.2) is 73.9 Å². The van der Waals surface area contributed by atoms with Crippen LogP contribution in [0.5, 0.6) is 0 Å². The van der Waals surface area contributed by atoms with Gasteiger partial charge >= 0.3 is 19.9 Å². The van der Waals surface area contributed by atoms with Gasteiger partial charge in [0.15, 0.2) is 17.0 Å². The van der Waals surface area contributed by atoms with Gasteiger partial charge in [-0.3, -0.25) is 0 Å². The Labute approximate surface area is 218 Å². The number of unbranched alkanes of at least 4 members (excludes halogenated alkanes) is 2. The summed E-state index contributed by atoms with van der Waals surface area (Å²) in [6.45, 7) is 11.0. The minimum absolute atomic E-state index is 0.0349. The second-order valence-electron chi connectivity index (χ2n) is 9.09. The van der Waals surface area contributed by atoms with Crippen LogP contribution in [0.2, 0.25) is 0 Å². The van der Waals surface area contributed by atoms with Gasteiger partial charge in [0.05, 0.1) is 31.7 Å². The molecule has 0 aromatic carbocycles. The van der Waals surface area contributed by atoms with E-state index in [1.807, 2.05) is 6.92 Å². The molecule has 2 heterocycles. The van der Waals surface area contributed by atoms with E-state index in [0.717, 1.165) is 19.3 Å². The van der Waals surface area contributed by atoms with Crippen LogP contribution in [0.1, 0.15) is 60.8 Å². The number of hydrogen-bond donors (Lipinski definition) is 3. The molecule has 14 heteroatoms. The molecule has 0 spiro atoms. The van der Waals surface area contributed by atoms with Crippen molar-refractivity contribution < 1.29 is 33.5 Å². The fourth-order valence-electron chi connectivity index (χ4n) is 2.94. The summed E-state index contributed by atoms with van der Waals surface area (Å²) in [6, 6.07) is 0. The summed E-state index contributed by atoms with van der Waals surface area (Å²) in [6.07, 6.45) is 5.46. The highest BCUT2D eigenvalue weighted by Crippen LogP contribution is 2.23. The number of nitrogens with zero attached hydrogens (tertiary/aromatic N) is 4. The molecular formula is C23H40N6O7P+.